The number of benzene rings is 1. The van der Waals surface area contributed by atoms with Gasteiger partial charge in [0.15, 0.2) is 0 Å². The quantitative estimate of drug-likeness (QED) is 0.621. The number of hydrogen-bond acceptors (Lipinski definition) is 1. The lowest BCUT2D eigenvalue weighted by molar-refractivity contribution is 1.16. The standard InChI is InChI=1S/C14H14S/c1-11-8-9-13-7-5-3-4-6-12(2)15-14(13)10-11/h3-6,8-10H,2,7H2,1H3/b5-3-,6-4-. The minimum Gasteiger partial charge on any atom is -0.0904 e. The van der Waals surface area contributed by atoms with Crippen molar-refractivity contribution in [3.8, 4) is 0 Å². The molecule has 0 aromatic heterocycles. The van der Waals surface area contributed by atoms with Crippen molar-refractivity contribution in [1.29, 1.82) is 0 Å². The van der Waals surface area contributed by atoms with E-state index in [4.69, 9.17) is 0 Å². The topological polar surface area (TPSA) is 0 Å². The number of aryl methyl sites for hydroxylation is 1. The average Bonchev–Trinajstić information content (AvgIpc) is 2.27. The summed E-state index contributed by atoms with van der Waals surface area (Å²) in [5.74, 6) is 0. The highest BCUT2D eigenvalue weighted by molar-refractivity contribution is 8.03. The van der Waals surface area contributed by atoms with Gasteiger partial charge in [0.05, 0.1) is 0 Å². The predicted octanol–water partition coefficient (Wildman–Crippen LogP) is 4.27. The molecule has 0 bridgehead atoms. The third-order valence-electron chi connectivity index (χ3n) is 2.33. The zero-order valence-corrected chi connectivity index (χ0v) is 9.68. The van der Waals surface area contributed by atoms with E-state index in [0.29, 0.717) is 0 Å². The van der Waals surface area contributed by atoms with Crippen molar-refractivity contribution >= 4 is 11.8 Å². The monoisotopic (exact) mass is 214 g/mol. The molecule has 2 rings (SSSR count). The first-order valence-electron chi connectivity index (χ1n) is 5.05. The molecule has 0 amide bonds. The summed E-state index contributed by atoms with van der Waals surface area (Å²) in [6, 6.07) is 6.61. The zero-order chi connectivity index (χ0) is 10.7. The van der Waals surface area contributed by atoms with Crippen molar-refractivity contribution in [3.63, 3.8) is 0 Å². The zero-order valence-electron chi connectivity index (χ0n) is 8.86. The smallest absolute Gasteiger partial charge is 0.0159 e. The Kier molecular flexibility index (Phi) is 3.12. The fourth-order valence-electron chi connectivity index (χ4n) is 1.54. The molecule has 1 heterocycles. The predicted molar refractivity (Wildman–Crippen MR) is 68.2 cm³/mol. The van der Waals surface area contributed by atoms with E-state index < -0.39 is 0 Å². The van der Waals surface area contributed by atoms with E-state index in [9.17, 15) is 0 Å². The van der Waals surface area contributed by atoms with Crippen LogP contribution in [0.5, 0.6) is 0 Å². The maximum atomic E-state index is 4.03. The molecule has 0 spiro atoms. The molecule has 0 saturated carbocycles. The summed E-state index contributed by atoms with van der Waals surface area (Å²) in [5, 5.41) is 0. The summed E-state index contributed by atoms with van der Waals surface area (Å²) < 4.78 is 0. The fourth-order valence-corrected chi connectivity index (χ4v) is 2.49. The van der Waals surface area contributed by atoms with Gasteiger partial charge in [-0.3, -0.25) is 0 Å². The van der Waals surface area contributed by atoms with Gasteiger partial charge in [0.1, 0.15) is 0 Å². The lowest BCUT2D eigenvalue weighted by Gasteiger charge is -2.07. The van der Waals surface area contributed by atoms with E-state index in [1.165, 1.54) is 16.0 Å². The van der Waals surface area contributed by atoms with Gasteiger partial charge in [-0.2, -0.15) is 0 Å². The molecule has 76 valence electrons. The molecule has 1 heteroatoms. The Bertz CT molecular complexity index is 439. The van der Waals surface area contributed by atoms with E-state index in [1.54, 1.807) is 11.8 Å². The molecule has 0 aliphatic carbocycles. The van der Waals surface area contributed by atoms with Crippen molar-refractivity contribution < 1.29 is 0 Å². The van der Waals surface area contributed by atoms with Gasteiger partial charge in [-0.15, -0.1) is 0 Å². The summed E-state index contributed by atoms with van der Waals surface area (Å²) in [6.45, 7) is 6.16. The average molecular weight is 214 g/mol. The van der Waals surface area contributed by atoms with E-state index in [1.807, 2.05) is 6.08 Å². The van der Waals surface area contributed by atoms with Gasteiger partial charge in [-0.1, -0.05) is 48.7 Å². The van der Waals surface area contributed by atoms with Gasteiger partial charge in [0, 0.05) is 9.80 Å². The summed E-state index contributed by atoms with van der Waals surface area (Å²) >= 11 is 1.75. The Morgan fingerprint density at radius 2 is 2.13 bits per heavy atom. The maximum Gasteiger partial charge on any atom is 0.0159 e. The lowest BCUT2D eigenvalue weighted by Crippen LogP contribution is -1.87. The molecule has 0 atom stereocenters. The molecule has 0 nitrogen and oxygen atoms in total. The molecule has 1 aromatic rings. The van der Waals surface area contributed by atoms with E-state index in [2.05, 4.69) is 49.9 Å². The molecule has 1 aromatic carbocycles. The van der Waals surface area contributed by atoms with Crippen LogP contribution in [0.3, 0.4) is 0 Å². The fraction of sp³-hybridized carbons (Fsp3) is 0.143. The van der Waals surface area contributed by atoms with Gasteiger partial charge in [-0.05, 0) is 36.6 Å². The Labute approximate surface area is 95.4 Å². The second kappa shape index (κ2) is 4.54. The second-order valence-electron chi connectivity index (χ2n) is 3.67. The van der Waals surface area contributed by atoms with Crippen molar-refractivity contribution in [2.75, 3.05) is 0 Å². The second-order valence-corrected chi connectivity index (χ2v) is 4.84. The van der Waals surface area contributed by atoms with Gasteiger partial charge in [-0.25, -0.2) is 0 Å². The molecular formula is C14H14S. The number of rotatable bonds is 0. The Hall–Kier alpha value is -1.21. The Morgan fingerprint density at radius 1 is 1.27 bits per heavy atom. The van der Waals surface area contributed by atoms with E-state index >= 15 is 0 Å². The van der Waals surface area contributed by atoms with Crippen molar-refractivity contribution in [2.45, 2.75) is 18.2 Å². The van der Waals surface area contributed by atoms with Crippen LogP contribution in [0.4, 0.5) is 0 Å². The molecule has 15 heavy (non-hydrogen) atoms. The third kappa shape index (κ3) is 2.63. The molecule has 0 unspecified atom stereocenters. The normalized spacial score (nSPS) is 19.7. The molecule has 1 aliphatic heterocycles. The van der Waals surface area contributed by atoms with Gasteiger partial charge >= 0.3 is 0 Å². The molecule has 0 fully saturated rings. The van der Waals surface area contributed by atoms with Crippen LogP contribution < -0.4 is 0 Å². The summed E-state index contributed by atoms with van der Waals surface area (Å²) in [7, 11) is 0. The van der Waals surface area contributed by atoms with E-state index in [-0.39, 0.29) is 0 Å². The van der Waals surface area contributed by atoms with Gasteiger partial charge < -0.3 is 0 Å². The van der Waals surface area contributed by atoms with E-state index in [0.717, 1.165) is 11.3 Å². The summed E-state index contributed by atoms with van der Waals surface area (Å²) in [6.07, 6.45) is 9.37. The minimum atomic E-state index is 1.00. The highest BCUT2D eigenvalue weighted by Gasteiger charge is 2.04. The van der Waals surface area contributed by atoms with Crippen molar-refractivity contribution in [2.24, 2.45) is 0 Å². The van der Waals surface area contributed by atoms with Crippen LogP contribution in [-0.2, 0) is 6.42 Å². The first-order chi connectivity index (χ1) is 7.25. The Morgan fingerprint density at radius 3 is 3.00 bits per heavy atom. The maximum absolute atomic E-state index is 4.03. The summed E-state index contributed by atoms with van der Waals surface area (Å²) in [4.78, 5) is 2.42. The van der Waals surface area contributed by atoms with Gasteiger partial charge in [0.25, 0.3) is 0 Å². The van der Waals surface area contributed by atoms with Crippen LogP contribution in [-0.4, -0.2) is 0 Å². The number of thioether (sulfide) groups is 1. The Balaban J connectivity index is 2.42. The first-order valence-corrected chi connectivity index (χ1v) is 5.87. The van der Waals surface area contributed by atoms with Crippen LogP contribution in [0.15, 0.2) is 58.9 Å². The number of hydrogen-bond donors (Lipinski definition) is 0. The third-order valence-corrected chi connectivity index (χ3v) is 3.33. The lowest BCUT2D eigenvalue weighted by atomic mass is 10.1. The van der Waals surface area contributed by atoms with Crippen LogP contribution >= 0.6 is 11.8 Å². The molecule has 0 radical (unpaired) electrons. The molecule has 0 saturated heterocycles. The summed E-state index contributed by atoms with van der Waals surface area (Å²) in [5.41, 5.74) is 2.69. The first kappa shape index (κ1) is 10.3. The van der Waals surface area contributed by atoms with Crippen LogP contribution in [0, 0.1) is 6.92 Å². The van der Waals surface area contributed by atoms with Crippen LogP contribution in [0.25, 0.3) is 0 Å². The van der Waals surface area contributed by atoms with Crippen molar-refractivity contribution in [1.82, 2.24) is 0 Å². The van der Waals surface area contributed by atoms with Crippen LogP contribution in [0.2, 0.25) is 0 Å². The largest absolute Gasteiger partial charge is 0.0904 e. The molecule has 0 N–H and O–H groups in total. The SMILES string of the molecule is C=C1/C=C\C=C/Cc2ccc(C)cc2S1. The highest BCUT2D eigenvalue weighted by atomic mass is 32.2. The molecule has 1 aliphatic rings. The minimum absolute atomic E-state index is 1.00. The van der Waals surface area contributed by atoms with Gasteiger partial charge in [0.2, 0.25) is 0 Å². The number of allylic oxidation sites excluding steroid dienone is 4. The number of fused-ring (bicyclic) bond motifs is 1. The van der Waals surface area contributed by atoms with Crippen molar-refractivity contribution in [3.05, 3.63) is 65.1 Å². The van der Waals surface area contributed by atoms with Crippen LogP contribution in [0.1, 0.15) is 11.1 Å². The molecular weight excluding hydrogens is 200 g/mol. The highest BCUT2D eigenvalue weighted by Crippen LogP contribution is 2.31.